The summed E-state index contributed by atoms with van der Waals surface area (Å²) < 4.78 is 0. The molecule has 0 radical (unpaired) electrons. The summed E-state index contributed by atoms with van der Waals surface area (Å²) in [6.45, 7) is 2.31. The molecule has 2 heteroatoms. The Balaban J connectivity index is 1.18. The average Bonchev–Trinajstić information content (AvgIpc) is 2.90. The van der Waals surface area contributed by atoms with Crippen LogP contribution < -0.4 is 0 Å². The smallest absolute Gasteiger partial charge is 0.0739 e. The molecule has 0 atom stereocenters. The summed E-state index contributed by atoms with van der Waals surface area (Å²) in [6.07, 6.45) is 30.8. The molecule has 35 heavy (non-hydrogen) atoms. The first-order chi connectivity index (χ1) is 17.3. The van der Waals surface area contributed by atoms with Crippen LogP contribution in [0.1, 0.15) is 153 Å². The van der Waals surface area contributed by atoms with E-state index in [9.17, 15) is 0 Å². The maximum absolute atomic E-state index is 4.71. The highest BCUT2D eigenvalue weighted by Crippen LogP contribution is 2.40. The van der Waals surface area contributed by atoms with Crippen molar-refractivity contribution in [3.8, 4) is 0 Å². The zero-order chi connectivity index (χ0) is 24.6. The molecule has 1 aromatic carbocycles. The van der Waals surface area contributed by atoms with Crippen LogP contribution in [0.15, 0.2) is 29.3 Å². The molecule has 1 aromatic rings. The number of hydrogen-bond acceptors (Lipinski definition) is 2. The normalized spacial score (nSPS) is 24.7. The van der Waals surface area contributed by atoms with Gasteiger partial charge in [-0.2, -0.15) is 4.99 Å². The second-order valence-corrected chi connectivity index (χ2v) is 12.1. The van der Waals surface area contributed by atoms with Gasteiger partial charge in [0.2, 0.25) is 0 Å². The first-order valence-corrected chi connectivity index (χ1v) is 15.9. The minimum atomic E-state index is 0.748. The highest BCUT2D eigenvalue weighted by atomic mass is 32.1. The zero-order valence-corrected chi connectivity index (χ0v) is 23.6. The number of nitrogens with zero attached hydrogens (tertiary/aromatic N) is 1. The summed E-state index contributed by atoms with van der Waals surface area (Å²) in [5, 5.41) is 2.46. The number of hydrogen-bond donors (Lipinski definition) is 0. The minimum Gasteiger partial charge on any atom is -0.195 e. The molecule has 2 fully saturated rings. The van der Waals surface area contributed by atoms with E-state index in [2.05, 4.69) is 41.3 Å². The van der Waals surface area contributed by atoms with Gasteiger partial charge in [0.25, 0.3) is 0 Å². The Labute approximate surface area is 223 Å². The van der Waals surface area contributed by atoms with Crippen LogP contribution >= 0.6 is 12.2 Å². The number of unbranched alkanes of at least 4 members (excludes halogenated alkanes) is 9. The van der Waals surface area contributed by atoms with E-state index in [1.165, 1.54) is 140 Å². The van der Waals surface area contributed by atoms with Crippen LogP contribution in [0.4, 0.5) is 5.69 Å². The molecule has 0 heterocycles. The molecule has 0 saturated heterocycles. The lowest BCUT2D eigenvalue weighted by Gasteiger charge is -2.32. The van der Waals surface area contributed by atoms with Crippen molar-refractivity contribution in [3.05, 3.63) is 29.8 Å². The van der Waals surface area contributed by atoms with Crippen molar-refractivity contribution in [2.45, 2.75) is 148 Å². The Morgan fingerprint density at radius 2 is 1.09 bits per heavy atom. The fourth-order valence-electron chi connectivity index (χ4n) is 6.86. The average molecular weight is 496 g/mol. The molecule has 0 unspecified atom stereocenters. The lowest BCUT2D eigenvalue weighted by molar-refractivity contribution is 0.222. The van der Waals surface area contributed by atoms with E-state index in [1.54, 1.807) is 0 Å². The van der Waals surface area contributed by atoms with Crippen LogP contribution in [0.3, 0.4) is 0 Å². The molecule has 196 valence electrons. The number of benzene rings is 1. The molecule has 2 aliphatic carbocycles. The van der Waals surface area contributed by atoms with Gasteiger partial charge in [-0.1, -0.05) is 128 Å². The summed E-state index contributed by atoms with van der Waals surface area (Å²) >= 11 is 4.71. The van der Waals surface area contributed by atoms with E-state index in [4.69, 9.17) is 12.2 Å². The Morgan fingerprint density at radius 3 is 1.60 bits per heavy atom. The van der Waals surface area contributed by atoms with Gasteiger partial charge in [-0.3, -0.25) is 0 Å². The van der Waals surface area contributed by atoms with E-state index in [0.29, 0.717) is 0 Å². The molecular weight excluding hydrogens is 442 g/mol. The summed E-state index contributed by atoms with van der Waals surface area (Å²) in [5.74, 6) is 3.81. The highest BCUT2D eigenvalue weighted by molar-refractivity contribution is 7.78. The van der Waals surface area contributed by atoms with Crippen molar-refractivity contribution in [1.82, 2.24) is 0 Å². The van der Waals surface area contributed by atoms with Crippen molar-refractivity contribution in [1.29, 1.82) is 0 Å². The van der Waals surface area contributed by atoms with E-state index in [1.807, 2.05) is 0 Å². The maximum atomic E-state index is 4.71. The standard InChI is InChI=1S/C33H53NS/c1-2-3-4-5-6-7-8-9-10-11-12-28-13-15-29(16-14-28)17-18-30-19-21-31(22-20-30)32-23-25-33(26-24-32)34-27-35/h23-26,28-31H,2-22H2,1H3. The molecule has 1 nitrogen and oxygen atoms in total. The van der Waals surface area contributed by atoms with Gasteiger partial charge in [-0.15, -0.1) is 0 Å². The number of aliphatic imine (C=N–C) groups is 1. The van der Waals surface area contributed by atoms with Crippen LogP contribution in [-0.2, 0) is 0 Å². The maximum Gasteiger partial charge on any atom is 0.0739 e. The molecule has 0 amide bonds. The highest BCUT2D eigenvalue weighted by Gasteiger charge is 2.25. The number of thiocarbonyl (C=S) groups is 1. The third kappa shape index (κ3) is 11.3. The third-order valence-corrected chi connectivity index (χ3v) is 9.39. The van der Waals surface area contributed by atoms with Crippen LogP contribution in [0.2, 0.25) is 0 Å². The van der Waals surface area contributed by atoms with E-state index in [-0.39, 0.29) is 0 Å². The van der Waals surface area contributed by atoms with E-state index >= 15 is 0 Å². The predicted molar refractivity (Wildman–Crippen MR) is 157 cm³/mol. The fraction of sp³-hybridized carbons (Fsp3) is 0.788. The van der Waals surface area contributed by atoms with Gasteiger partial charge in [0.1, 0.15) is 0 Å². The molecule has 0 spiro atoms. The molecule has 2 aliphatic rings. The van der Waals surface area contributed by atoms with Crippen LogP contribution in [-0.4, -0.2) is 5.16 Å². The molecule has 0 N–H and O–H groups in total. The lowest BCUT2D eigenvalue weighted by Crippen LogP contribution is -2.17. The zero-order valence-electron chi connectivity index (χ0n) is 22.8. The SMILES string of the molecule is CCCCCCCCCCCCC1CCC(CCC2CCC(c3ccc(N=C=S)cc3)CC2)CC1. The van der Waals surface area contributed by atoms with Crippen molar-refractivity contribution in [2.75, 3.05) is 0 Å². The quantitative estimate of drug-likeness (QED) is 0.126. The summed E-state index contributed by atoms with van der Waals surface area (Å²) in [7, 11) is 0. The van der Waals surface area contributed by atoms with E-state index in [0.717, 1.165) is 29.4 Å². The van der Waals surface area contributed by atoms with Gasteiger partial charge in [0.15, 0.2) is 0 Å². The molecule has 2 saturated carbocycles. The topological polar surface area (TPSA) is 12.4 Å². The van der Waals surface area contributed by atoms with Gasteiger partial charge in [-0.05, 0) is 79.3 Å². The monoisotopic (exact) mass is 495 g/mol. The van der Waals surface area contributed by atoms with Crippen molar-refractivity contribution < 1.29 is 0 Å². The van der Waals surface area contributed by atoms with Crippen LogP contribution in [0.25, 0.3) is 0 Å². The summed E-state index contributed by atoms with van der Waals surface area (Å²) in [6, 6.07) is 8.69. The molecule has 0 aromatic heterocycles. The Kier molecular flexibility index (Phi) is 14.3. The van der Waals surface area contributed by atoms with Crippen molar-refractivity contribution >= 4 is 23.1 Å². The van der Waals surface area contributed by atoms with Crippen molar-refractivity contribution in [2.24, 2.45) is 22.7 Å². The van der Waals surface area contributed by atoms with Gasteiger partial charge in [0, 0.05) is 0 Å². The summed E-state index contributed by atoms with van der Waals surface area (Å²) in [5.41, 5.74) is 2.42. The summed E-state index contributed by atoms with van der Waals surface area (Å²) in [4.78, 5) is 4.08. The second-order valence-electron chi connectivity index (χ2n) is 11.9. The molecular formula is C33H53NS. The third-order valence-electron chi connectivity index (χ3n) is 9.30. The molecule has 0 bridgehead atoms. The Bertz CT molecular complexity index is 703. The van der Waals surface area contributed by atoms with Crippen molar-refractivity contribution in [3.63, 3.8) is 0 Å². The first kappa shape index (κ1) is 28.6. The number of isothiocyanates is 1. The van der Waals surface area contributed by atoms with Crippen LogP contribution in [0.5, 0.6) is 0 Å². The second kappa shape index (κ2) is 17.5. The Hall–Kier alpha value is -0.980. The largest absolute Gasteiger partial charge is 0.195 e. The first-order valence-electron chi connectivity index (χ1n) is 15.5. The van der Waals surface area contributed by atoms with Gasteiger partial charge < -0.3 is 0 Å². The van der Waals surface area contributed by atoms with Gasteiger partial charge in [-0.25, -0.2) is 0 Å². The molecule has 0 aliphatic heterocycles. The Morgan fingerprint density at radius 1 is 0.629 bits per heavy atom. The molecule has 3 rings (SSSR count). The van der Waals surface area contributed by atoms with Crippen LogP contribution in [0, 0.1) is 17.8 Å². The lowest BCUT2D eigenvalue weighted by atomic mass is 9.74. The van der Waals surface area contributed by atoms with E-state index < -0.39 is 0 Å². The number of rotatable bonds is 16. The predicted octanol–water partition coefficient (Wildman–Crippen LogP) is 11.6. The minimum absolute atomic E-state index is 0.748. The van der Waals surface area contributed by atoms with Gasteiger partial charge in [0.05, 0.1) is 10.8 Å². The van der Waals surface area contributed by atoms with Gasteiger partial charge >= 0.3 is 0 Å². The fourth-order valence-corrected chi connectivity index (χ4v) is 6.96.